The van der Waals surface area contributed by atoms with Gasteiger partial charge in [0, 0.05) is 30.2 Å². The highest BCUT2D eigenvalue weighted by Crippen LogP contribution is 2.38. The summed E-state index contributed by atoms with van der Waals surface area (Å²) >= 11 is 1.93. The highest BCUT2D eigenvalue weighted by atomic mass is 32.2. The van der Waals surface area contributed by atoms with E-state index < -0.39 is 0 Å². The lowest BCUT2D eigenvalue weighted by atomic mass is 9.88. The summed E-state index contributed by atoms with van der Waals surface area (Å²) in [5, 5.41) is 3.31. The van der Waals surface area contributed by atoms with Crippen LogP contribution in [0.1, 0.15) is 45.4 Å². The standard InChI is InChI=1S/C15H25N3OS/c1-3-10-18-11-9-16-13(14(18)19)17-12-15(20-2)7-5-4-6-8-15/h9,11H,3-8,10,12H2,1-2H3,(H,16,17). The van der Waals surface area contributed by atoms with Crippen molar-refractivity contribution in [1.29, 1.82) is 0 Å². The number of anilines is 1. The van der Waals surface area contributed by atoms with E-state index in [1.165, 1.54) is 32.1 Å². The molecule has 1 saturated carbocycles. The normalized spacial score (nSPS) is 17.9. The van der Waals surface area contributed by atoms with Crippen LogP contribution in [0.15, 0.2) is 17.2 Å². The summed E-state index contributed by atoms with van der Waals surface area (Å²) in [5.74, 6) is 0.500. The topological polar surface area (TPSA) is 46.9 Å². The van der Waals surface area contributed by atoms with Gasteiger partial charge in [-0.25, -0.2) is 4.98 Å². The van der Waals surface area contributed by atoms with Gasteiger partial charge < -0.3 is 9.88 Å². The van der Waals surface area contributed by atoms with Crippen LogP contribution in [0.25, 0.3) is 0 Å². The molecule has 0 spiro atoms. The summed E-state index contributed by atoms with van der Waals surface area (Å²) in [6.07, 6.45) is 13.0. The molecule has 1 aromatic rings. The Labute approximate surface area is 125 Å². The fourth-order valence-corrected chi connectivity index (χ4v) is 3.79. The van der Waals surface area contributed by atoms with Gasteiger partial charge in [0.25, 0.3) is 5.56 Å². The third-order valence-corrected chi connectivity index (χ3v) is 5.57. The number of rotatable bonds is 6. The molecule has 0 bridgehead atoms. The van der Waals surface area contributed by atoms with Crippen molar-refractivity contribution >= 4 is 17.6 Å². The molecular formula is C15H25N3OS. The molecule has 112 valence electrons. The molecule has 1 aromatic heterocycles. The zero-order valence-corrected chi connectivity index (χ0v) is 13.3. The van der Waals surface area contributed by atoms with E-state index in [4.69, 9.17) is 0 Å². The molecule has 0 aromatic carbocycles. The Kier molecular flexibility index (Phi) is 5.52. The van der Waals surface area contributed by atoms with Crippen LogP contribution in [0.4, 0.5) is 5.82 Å². The van der Waals surface area contributed by atoms with E-state index in [9.17, 15) is 4.79 Å². The Bertz CT molecular complexity index is 480. The quantitative estimate of drug-likeness (QED) is 0.876. The van der Waals surface area contributed by atoms with Gasteiger partial charge in [-0.1, -0.05) is 26.2 Å². The van der Waals surface area contributed by atoms with Crippen molar-refractivity contribution in [3.8, 4) is 0 Å². The molecule has 5 heteroatoms. The van der Waals surface area contributed by atoms with Crippen LogP contribution in [0.3, 0.4) is 0 Å². The molecule has 20 heavy (non-hydrogen) atoms. The molecule has 0 unspecified atom stereocenters. The summed E-state index contributed by atoms with van der Waals surface area (Å²) < 4.78 is 2.01. The minimum atomic E-state index is 0.00131. The Morgan fingerprint density at radius 1 is 1.40 bits per heavy atom. The van der Waals surface area contributed by atoms with Crippen LogP contribution in [0.5, 0.6) is 0 Å². The van der Waals surface area contributed by atoms with Crippen molar-refractivity contribution in [2.75, 3.05) is 18.1 Å². The molecule has 1 N–H and O–H groups in total. The van der Waals surface area contributed by atoms with E-state index in [-0.39, 0.29) is 10.3 Å². The zero-order valence-electron chi connectivity index (χ0n) is 12.5. The maximum absolute atomic E-state index is 12.3. The van der Waals surface area contributed by atoms with E-state index in [0.717, 1.165) is 19.5 Å². The molecule has 1 fully saturated rings. The second-order valence-corrected chi connectivity index (χ2v) is 6.85. The first-order chi connectivity index (χ1) is 9.71. The summed E-state index contributed by atoms with van der Waals surface area (Å²) in [7, 11) is 0. The number of aryl methyl sites for hydroxylation is 1. The van der Waals surface area contributed by atoms with Gasteiger partial charge in [-0.05, 0) is 25.5 Å². The second kappa shape index (κ2) is 7.16. The van der Waals surface area contributed by atoms with Gasteiger partial charge in [-0.3, -0.25) is 4.79 Å². The molecule has 0 atom stereocenters. The van der Waals surface area contributed by atoms with Gasteiger partial charge >= 0.3 is 0 Å². The van der Waals surface area contributed by atoms with Gasteiger partial charge in [0.1, 0.15) is 0 Å². The van der Waals surface area contributed by atoms with Crippen LogP contribution >= 0.6 is 11.8 Å². The minimum absolute atomic E-state index is 0.00131. The maximum atomic E-state index is 12.3. The second-order valence-electron chi connectivity index (χ2n) is 5.58. The van der Waals surface area contributed by atoms with Gasteiger partial charge in [-0.2, -0.15) is 11.8 Å². The Balaban J connectivity index is 2.06. The monoisotopic (exact) mass is 295 g/mol. The van der Waals surface area contributed by atoms with Crippen LogP contribution in [0.2, 0.25) is 0 Å². The van der Waals surface area contributed by atoms with Gasteiger partial charge in [-0.15, -0.1) is 0 Å². The lowest BCUT2D eigenvalue weighted by Gasteiger charge is -2.35. The highest BCUT2D eigenvalue weighted by molar-refractivity contribution is 8.00. The molecule has 1 aliphatic rings. The van der Waals surface area contributed by atoms with E-state index in [1.54, 1.807) is 17.0 Å². The van der Waals surface area contributed by atoms with E-state index in [0.29, 0.717) is 5.82 Å². The van der Waals surface area contributed by atoms with Gasteiger partial charge in [0.15, 0.2) is 5.82 Å². The van der Waals surface area contributed by atoms with Gasteiger partial charge in [0.2, 0.25) is 0 Å². The smallest absolute Gasteiger partial charge is 0.293 e. The summed E-state index contributed by atoms with van der Waals surface area (Å²) in [6.45, 7) is 3.67. The number of aromatic nitrogens is 2. The van der Waals surface area contributed by atoms with Crippen molar-refractivity contribution in [2.24, 2.45) is 0 Å². The SMILES string of the molecule is CCCn1ccnc(NCC2(SC)CCCCC2)c1=O. The molecule has 0 amide bonds. The van der Waals surface area contributed by atoms with Crippen molar-refractivity contribution < 1.29 is 0 Å². The van der Waals surface area contributed by atoms with Crippen LogP contribution < -0.4 is 10.9 Å². The van der Waals surface area contributed by atoms with Crippen LogP contribution in [0, 0.1) is 0 Å². The first kappa shape index (κ1) is 15.4. The number of hydrogen-bond donors (Lipinski definition) is 1. The molecule has 0 saturated heterocycles. The first-order valence-corrected chi connectivity index (χ1v) is 8.78. The van der Waals surface area contributed by atoms with Crippen molar-refractivity contribution in [2.45, 2.75) is 56.7 Å². The van der Waals surface area contributed by atoms with Crippen LogP contribution in [-0.4, -0.2) is 27.1 Å². The maximum Gasteiger partial charge on any atom is 0.293 e. The number of hydrogen-bond acceptors (Lipinski definition) is 4. The minimum Gasteiger partial charge on any atom is -0.364 e. The van der Waals surface area contributed by atoms with Crippen LogP contribution in [-0.2, 0) is 6.54 Å². The van der Waals surface area contributed by atoms with E-state index in [1.807, 2.05) is 11.8 Å². The fraction of sp³-hybridized carbons (Fsp3) is 0.733. The molecular weight excluding hydrogens is 270 g/mol. The first-order valence-electron chi connectivity index (χ1n) is 7.55. The summed E-state index contributed by atoms with van der Waals surface area (Å²) in [5.41, 5.74) is 0.00131. The van der Waals surface area contributed by atoms with Crippen molar-refractivity contribution in [3.63, 3.8) is 0 Å². The van der Waals surface area contributed by atoms with E-state index in [2.05, 4.69) is 23.5 Å². The number of nitrogens with one attached hydrogen (secondary N) is 1. The Hall–Kier alpha value is -0.970. The van der Waals surface area contributed by atoms with E-state index >= 15 is 0 Å². The largest absolute Gasteiger partial charge is 0.364 e. The predicted octanol–water partition coefficient (Wildman–Crippen LogP) is 3.13. The average Bonchev–Trinajstić information content (AvgIpc) is 2.49. The molecule has 1 aliphatic carbocycles. The average molecular weight is 295 g/mol. The van der Waals surface area contributed by atoms with Crippen molar-refractivity contribution in [3.05, 3.63) is 22.7 Å². The number of nitrogens with zero attached hydrogens (tertiary/aromatic N) is 2. The molecule has 4 nitrogen and oxygen atoms in total. The fourth-order valence-electron chi connectivity index (χ4n) is 2.88. The number of thioether (sulfide) groups is 1. The third kappa shape index (κ3) is 3.57. The molecule has 0 radical (unpaired) electrons. The van der Waals surface area contributed by atoms with Crippen molar-refractivity contribution in [1.82, 2.24) is 9.55 Å². The molecule has 1 heterocycles. The van der Waals surface area contributed by atoms with Gasteiger partial charge in [0.05, 0.1) is 0 Å². The lowest BCUT2D eigenvalue weighted by molar-refractivity contribution is 0.411. The Morgan fingerprint density at radius 3 is 2.80 bits per heavy atom. The molecule has 2 rings (SSSR count). The Morgan fingerprint density at radius 2 is 2.15 bits per heavy atom. The molecule has 0 aliphatic heterocycles. The predicted molar refractivity (Wildman–Crippen MR) is 86.6 cm³/mol. The zero-order chi connectivity index (χ0) is 14.4. The highest BCUT2D eigenvalue weighted by Gasteiger charge is 2.31. The summed E-state index contributed by atoms with van der Waals surface area (Å²) in [6, 6.07) is 0. The summed E-state index contributed by atoms with van der Waals surface area (Å²) in [4.78, 5) is 16.5. The third-order valence-electron chi connectivity index (χ3n) is 4.15. The lowest BCUT2D eigenvalue weighted by Crippen LogP contribution is -2.37.